The lowest BCUT2D eigenvalue weighted by atomic mass is 9.94. The summed E-state index contributed by atoms with van der Waals surface area (Å²) in [4.78, 5) is 33.2. The molecule has 1 fully saturated rings. The fourth-order valence-electron chi connectivity index (χ4n) is 3.28. The van der Waals surface area contributed by atoms with Crippen molar-refractivity contribution in [3.05, 3.63) is 58.4 Å². The molecule has 0 atom stereocenters. The van der Waals surface area contributed by atoms with Gasteiger partial charge in [0.15, 0.2) is 0 Å². The molecule has 0 spiro atoms. The Hall–Kier alpha value is -2.28. The number of pyridine rings is 1. The SMILES string of the molecule is CCN(C(=O)C1CCN(C(=O)c2ccc(F)cc2)CC1)c1ccc(Br)cn1. The average molecular weight is 434 g/mol. The summed E-state index contributed by atoms with van der Waals surface area (Å²) < 4.78 is 13.9. The first-order chi connectivity index (χ1) is 13.0. The highest BCUT2D eigenvalue weighted by Gasteiger charge is 2.31. The molecule has 1 aliphatic rings. The lowest BCUT2D eigenvalue weighted by molar-refractivity contribution is -0.123. The maximum Gasteiger partial charge on any atom is 0.253 e. The van der Waals surface area contributed by atoms with E-state index in [9.17, 15) is 14.0 Å². The summed E-state index contributed by atoms with van der Waals surface area (Å²) in [5, 5.41) is 0. The van der Waals surface area contributed by atoms with Gasteiger partial charge in [0, 0.05) is 41.8 Å². The lowest BCUT2D eigenvalue weighted by Gasteiger charge is -2.33. The van der Waals surface area contributed by atoms with E-state index in [0.717, 1.165) is 4.47 Å². The number of benzene rings is 1. The number of carbonyl (C=O) groups excluding carboxylic acids is 2. The summed E-state index contributed by atoms with van der Waals surface area (Å²) in [7, 11) is 0. The Morgan fingerprint density at radius 3 is 2.41 bits per heavy atom. The molecule has 27 heavy (non-hydrogen) atoms. The maximum atomic E-state index is 13.0. The van der Waals surface area contributed by atoms with E-state index in [-0.39, 0.29) is 23.5 Å². The summed E-state index contributed by atoms with van der Waals surface area (Å²) >= 11 is 3.35. The van der Waals surface area contributed by atoms with Crippen molar-refractivity contribution in [3.8, 4) is 0 Å². The first-order valence-electron chi connectivity index (χ1n) is 8.97. The molecule has 2 aromatic rings. The van der Waals surface area contributed by atoms with Gasteiger partial charge in [-0.3, -0.25) is 14.5 Å². The highest BCUT2D eigenvalue weighted by Crippen LogP contribution is 2.24. The van der Waals surface area contributed by atoms with Gasteiger partial charge in [0.1, 0.15) is 11.6 Å². The second-order valence-corrected chi connectivity index (χ2v) is 7.41. The molecule has 1 aliphatic heterocycles. The van der Waals surface area contributed by atoms with Gasteiger partial charge < -0.3 is 4.90 Å². The molecule has 0 bridgehead atoms. The van der Waals surface area contributed by atoms with Crippen molar-refractivity contribution in [2.24, 2.45) is 5.92 Å². The Kier molecular flexibility index (Phi) is 6.21. The first kappa shape index (κ1) is 19.5. The predicted octanol–water partition coefficient (Wildman–Crippen LogP) is 3.89. The molecule has 0 aliphatic carbocycles. The van der Waals surface area contributed by atoms with Crippen molar-refractivity contribution >= 4 is 33.6 Å². The van der Waals surface area contributed by atoms with Crippen LogP contribution in [0.15, 0.2) is 47.1 Å². The van der Waals surface area contributed by atoms with Gasteiger partial charge in [-0.1, -0.05) is 0 Å². The van der Waals surface area contributed by atoms with Crippen molar-refractivity contribution in [2.75, 3.05) is 24.5 Å². The summed E-state index contributed by atoms with van der Waals surface area (Å²) in [5.41, 5.74) is 0.468. The number of amides is 2. The molecule has 1 saturated heterocycles. The largest absolute Gasteiger partial charge is 0.339 e. The van der Waals surface area contributed by atoms with Crippen LogP contribution in [0.5, 0.6) is 0 Å². The number of anilines is 1. The molecule has 5 nitrogen and oxygen atoms in total. The molecule has 0 radical (unpaired) electrons. The van der Waals surface area contributed by atoms with Crippen LogP contribution in [0.2, 0.25) is 0 Å². The monoisotopic (exact) mass is 433 g/mol. The molecule has 0 N–H and O–H groups in total. The Bertz CT molecular complexity index is 803. The highest BCUT2D eigenvalue weighted by atomic mass is 79.9. The van der Waals surface area contributed by atoms with Gasteiger partial charge in [0.25, 0.3) is 5.91 Å². The molecular weight excluding hydrogens is 413 g/mol. The van der Waals surface area contributed by atoms with E-state index in [2.05, 4.69) is 20.9 Å². The number of hydrogen-bond acceptors (Lipinski definition) is 3. The minimum Gasteiger partial charge on any atom is -0.339 e. The maximum absolute atomic E-state index is 13.0. The second kappa shape index (κ2) is 8.61. The van der Waals surface area contributed by atoms with Gasteiger partial charge in [-0.15, -0.1) is 0 Å². The van der Waals surface area contributed by atoms with Crippen LogP contribution in [0.4, 0.5) is 10.2 Å². The van der Waals surface area contributed by atoms with Gasteiger partial charge in [0.2, 0.25) is 5.91 Å². The number of rotatable bonds is 4. The molecule has 2 amide bonds. The van der Waals surface area contributed by atoms with Crippen molar-refractivity contribution in [3.63, 3.8) is 0 Å². The minimum atomic E-state index is -0.364. The number of likely N-dealkylation sites (tertiary alicyclic amines) is 1. The topological polar surface area (TPSA) is 53.5 Å². The summed E-state index contributed by atoms with van der Waals surface area (Å²) in [5.74, 6) is 0.0595. The van der Waals surface area contributed by atoms with Crippen molar-refractivity contribution < 1.29 is 14.0 Å². The smallest absolute Gasteiger partial charge is 0.253 e. The summed E-state index contributed by atoms with van der Waals surface area (Å²) in [6.45, 7) is 3.49. The van der Waals surface area contributed by atoms with Crippen LogP contribution in [0.3, 0.4) is 0 Å². The van der Waals surface area contributed by atoms with E-state index < -0.39 is 0 Å². The van der Waals surface area contributed by atoms with Gasteiger partial charge in [0.05, 0.1) is 0 Å². The predicted molar refractivity (Wildman–Crippen MR) is 105 cm³/mol. The van der Waals surface area contributed by atoms with Crippen LogP contribution >= 0.6 is 15.9 Å². The van der Waals surface area contributed by atoms with E-state index in [1.807, 2.05) is 19.1 Å². The van der Waals surface area contributed by atoms with Crippen LogP contribution in [0.1, 0.15) is 30.1 Å². The molecule has 0 saturated carbocycles. The lowest BCUT2D eigenvalue weighted by Crippen LogP contribution is -2.44. The molecule has 2 heterocycles. The number of hydrogen-bond donors (Lipinski definition) is 0. The molecule has 3 rings (SSSR count). The number of aromatic nitrogens is 1. The third kappa shape index (κ3) is 4.53. The van der Waals surface area contributed by atoms with Crippen LogP contribution in [-0.2, 0) is 4.79 Å². The standard InChI is InChI=1S/C20H21BrFN3O2/c1-2-25(18-8-5-16(21)13-23-18)20(27)15-9-11-24(12-10-15)19(26)14-3-6-17(22)7-4-14/h3-8,13,15H,2,9-12H2,1H3. The Morgan fingerprint density at radius 2 is 1.85 bits per heavy atom. The fourth-order valence-corrected chi connectivity index (χ4v) is 3.52. The van der Waals surface area contributed by atoms with Crippen molar-refractivity contribution in [2.45, 2.75) is 19.8 Å². The van der Waals surface area contributed by atoms with E-state index in [4.69, 9.17) is 0 Å². The first-order valence-corrected chi connectivity index (χ1v) is 9.76. The quantitative estimate of drug-likeness (QED) is 0.734. The highest BCUT2D eigenvalue weighted by molar-refractivity contribution is 9.10. The third-order valence-electron chi connectivity index (χ3n) is 4.79. The second-order valence-electron chi connectivity index (χ2n) is 6.49. The van der Waals surface area contributed by atoms with Crippen molar-refractivity contribution in [1.29, 1.82) is 0 Å². The zero-order valence-corrected chi connectivity index (χ0v) is 16.7. The zero-order valence-electron chi connectivity index (χ0n) is 15.1. The molecule has 1 aromatic carbocycles. The minimum absolute atomic E-state index is 0.0428. The fraction of sp³-hybridized carbons (Fsp3) is 0.350. The van der Waals surface area contributed by atoms with E-state index in [1.54, 1.807) is 16.0 Å². The number of halogens is 2. The Balaban J connectivity index is 1.62. The van der Waals surface area contributed by atoms with Crippen LogP contribution < -0.4 is 4.90 Å². The number of carbonyl (C=O) groups is 2. The summed E-state index contributed by atoms with van der Waals surface area (Å²) in [6.07, 6.45) is 2.90. The molecule has 1 aromatic heterocycles. The average Bonchev–Trinajstić information content (AvgIpc) is 2.70. The van der Waals surface area contributed by atoms with Gasteiger partial charge in [-0.05, 0) is 72.1 Å². The number of nitrogens with zero attached hydrogens (tertiary/aromatic N) is 3. The molecule has 0 unspecified atom stereocenters. The van der Waals surface area contributed by atoms with Crippen LogP contribution in [0, 0.1) is 11.7 Å². The van der Waals surface area contributed by atoms with E-state index in [1.165, 1.54) is 24.3 Å². The zero-order chi connectivity index (χ0) is 19.4. The van der Waals surface area contributed by atoms with Gasteiger partial charge >= 0.3 is 0 Å². The van der Waals surface area contributed by atoms with E-state index >= 15 is 0 Å². The van der Waals surface area contributed by atoms with Crippen LogP contribution in [-0.4, -0.2) is 41.3 Å². The molecular formula is C20H21BrFN3O2. The van der Waals surface area contributed by atoms with E-state index in [0.29, 0.717) is 43.9 Å². The molecule has 142 valence electrons. The van der Waals surface area contributed by atoms with Gasteiger partial charge in [-0.25, -0.2) is 9.37 Å². The van der Waals surface area contributed by atoms with Crippen LogP contribution in [0.25, 0.3) is 0 Å². The van der Waals surface area contributed by atoms with Gasteiger partial charge in [-0.2, -0.15) is 0 Å². The number of piperidine rings is 1. The Labute approximate surface area is 166 Å². The van der Waals surface area contributed by atoms with Crippen molar-refractivity contribution in [1.82, 2.24) is 9.88 Å². The normalized spacial score (nSPS) is 14.9. The Morgan fingerprint density at radius 1 is 1.19 bits per heavy atom. The third-order valence-corrected chi connectivity index (χ3v) is 5.26. The molecule has 7 heteroatoms. The summed E-state index contributed by atoms with van der Waals surface area (Å²) in [6, 6.07) is 9.24.